The predicted molar refractivity (Wildman–Crippen MR) is 150 cm³/mol. The van der Waals surface area contributed by atoms with Gasteiger partial charge in [0.05, 0.1) is 25.8 Å². The van der Waals surface area contributed by atoms with Crippen LogP contribution in [0.3, 0.4) is 0 Å². The van der Waals surface area contributed by atoms with Gasteiger partial charge in [0, 0.05) is 38.3 Å². The summed E-state index contributed by atoms with van der Waals surface area (Å²) in [4.78, 5) is 26.0. The number of benzene rings is 1. The highest BCUT2D eigenvalue weighted by molar-refractivity contribution is 7.18. The third kappa shape index (κ3) is 5.59. The van der Waals surface area contributed by atoms with Gasteiger partial charge >= 0.3 is 6.09 Å². The highest BCUT2D eigenvalue weighted by Gasteiger charge is 2.27. The Bertz CT molecular complexity index is 1660. The summed E-state index contributed by atoms with van der Waals surface area (Å²) < 4.78 is 35.8. The Morgan fingerprint density at radius 1 is 1.07 bits per heavy atom. The monoisotopic (exact) mass is 582 g/mol. The lowest BCUT2D eigenvalue weighted by Crippen LogP contribution is -2.50. The van der Waals surface area contributed by atoms with Gasteiger partial charge in [-0.15, -0.1) is 5.10 Å². The number of nitrogens with zero attached hydrogens (tertiary/aromatic N) is 6. The van der Waals surface area contributed by atoms with Crippen molar-refractivity contribution >= 4 is 39.4 Å². The summed E-state index contributed by atoms with van der Waals surface area (Å²) in [6, 6.07) is 5.97. The summed E-state index contributed by atoms with van der Waals surface area (Å²) in [5.41, 5.74) is 1.34. The van der Waals surface area contributed by atoms with Gasteiger partial charge in [-0.1, -0.05) is 0 Å². The van der Waals surface area contributed by atoms with Crippen molar-refractivity contribution in [2.24, 2.45) is 0 Å². The van der Waals surface area contributed by atoms with Crippen molar-refractivity contribution in [2.45, 2.75) is 33.0 Å². The van der Waals surface area contributed by atoms with Crippen LogP contribution in [-0.4, -0.2) is 76.6 Å². The molecule has 41 heavy (non-hydrogen) atoms. The number of methoxy groups -OCH3 is 2. The minimum Gasteiger partial charge on any atom is -0.496 e. The number of hydrogen-bond donors (Lipinski definition) is 0. The Balaban J connectivity index is 1.14. The Morgan fingerprint density at radius 2 is 1.88 bits per heavy atom. The van der Waals surface area contributed by atoms with Crippen LogP contribution < -0.4 is 19.1 Å². The van der Waals surface area contributed by atoms with Gasteiger partial charge in [0.2, 0.25) is 4.96 Å². The average molecular weight is 583 g/mol. The molecule has 4 aromatic heterocycles. The number of piperazine rings is 1. The van der Waals surface area contributed by atoms with E-state index in [0.29, 0.717) is 76.6 Å². The van der Waals surface area contributed by atoms with Gasteiger partial charge in [0.15, 0.2) is 5.76 Å². The summed E-state index contributed by atoms with van der Waals surface area (Å²) in [6.45, 7) is 7.96. The van der Waals surface area contributed by atoms with Gasteiger partial charge in [0.1, 0.15) is 46.9 Å². The summed E-state index contributed by atoms with van der Waals surface area (Å²) >= 11 is 1.34. The molecule has 5 aromatic rings. The third-order valence-corrected chi connectivity index (χ3v) is 7.26. The fourth-order valence-electron chi connectivity index (χ4n) is 4.40. The fourth-order valence-corrected chi connectivity index (χ4v) is 5.09. The molecule has 0 spiro atoms. The van der Waals surface area contributed by atoms with Gasteiger partial charge in [0.25, 0.3) is 11.2 Å². The smallest absolute Gasteiger partial charge is 0.410 e. The van der Waals surface area contributed by atoms with Gasteiger partial charge < -0.3 is 37.6 Å². The number of fused-ring (bicyclic) bond motifs is 2. The third-order valence-electron chi connectivity index (χ3n) is 6.38. The molecule has 0 atom stereocenters. The van der Waals surface area contributed by atoms with E-state index < -0.39 is 5.60 Å². The van der Waals surface area contributed by atoms with Crippen LogP contribution in [-0.2, 0) is 11.3 Å². The lowest BCUT2D eigenvalue weighted by Gasteiger charge is -2.34. The SMILES string of the molecule is COc1cc(OCc2coc(N3CCN(C(=O)OC(C)(C)C)CC3)n2)c2cc(-c3cn4nc(OC)sc4n3)oc2c1. The molecule has 1 saturated heterocycles. The highest BCUT2D eigenvalue weighted by Crippen LogP contribution is 2.37. The first kappa shape index (κ1) is 26.7. The largest absolute Gasteiger partial charge is 0.496 e. The molecule has 1 fully saturated rings. The maximum absolute atomic E-state index is 12.4. The first-order valence-corrected chi connectivity index (χ1v) is 13.8. The molecule has 1 aliphatic heterocycles. The topological polar surface area (TPSA) is 130 Å². The molecule has 0 saturated carbocycles. The van der Waals surface area contributed by atoms with Crippen LogP contribution in [0, 0.1) is 0 Å². The molecular formula is C27H30N6O7S. The lowest BCUT2D eigenvalue weighted by atomic mass is 10.2. The van der Waals surface area contributed by atoms with Crippen LogP contribution in [0.25, 0.3) is 27.4 Å². The number of oxazole rings is 1. The number of carbonyl (C=O) groups is 1. The van der Waals surface area contributed by atoms with E-state index >= 15 is 0 Å². The molecule has 6 rings (SSSR count). The maximum Gasteiger partial charge on any atom is 0.410 e. The Hall–Kier alpha value is -4.46. The molecule has 0 radical (unpaired) electrons. The minimum absolute atomic E-state index is 0.175. The van der Waals surface area contributed by atoms with E-state index in [4.69, 9.17) is 27.8 Å². The zero-order valence-corrected chi connectivity index (χ0v) is 24.2. The summed E-state index contributed by atoms with van der Waals surface area (Å²) in [6.07, 6.45) is 3.05. The highest BCUT2D eigenvalue weighted by atomic mass is 32.1. The van der Waals surface area contributed by atoms with E-state index in [2.05, 4.69) is 15.1 Å². The number of carbonyl (C=O) groups excluding carboxylic acids is 1. The Morgan fingerprint density at radius 3 is 2.59 bits per heavy atom. The van der Waals surface area contributed by atoms with E-state index in [1.807, 2.05) is 31.7 Å². The van der Waals surface area contributed by atoms with Gasteiger partial charge in [-0.3, -0.25) is 0 Å². The second-order valence-corrected chi connectivity index (χ2v) is 11.4. The minimum atomic E-state index is -0.527. The molecular weight excluding hydrogens is 552 g/mol. The number of rotatable bonds is 7. The molecule has 1 amide bonds. The van der Waals surface area contributed by atoms with Crippen LogP contribution in [0.4, 0.5) is 10.8 Å². The van der Waals surface area contributed by atoms with E-state index in [9.17, 15) is 4.79 Å². The number of furan rings is 1. The van der Waals surface area contributed by atoms with Crippen molar-refractivity contribution in [3.05, 3.63) is 36.4 Å². The van der Waals surface area contributed by atoms with Crippen LogP contribution in [0.15, 0.2) is 39.5 Å². The number of ether oxygens (including phenoxy) is 4. The van der Waals surface area contributed by atoms with Crippen molar-refractivity contribution < 1.29 is 32.6 Å². The average Bonchev–Trinajstić information content (AvgIpc) is 3.73. The number of hydrogen-bond acceptors (Lipinski definition) is 12. The molecule has 1 aliphatic rings. The molecule has 0 unspecified atom stereocenters. The van der Waals surface area contributed by atoms with Crippen molar-refractivity contribution in [1.29, 1.82) is 0 Å². The Labute approximate surface area is 239 Å². The van der Waals surface area contributed by atoms with Crippen molar-refractivity contribution in [1.82, 2.24) is 24.5 Å². The molecule has 0 aliphatic carbocycles. The van der Waals surface area contributed by atoms with Gasteiger partial charge in [-0.2, -0.15) is 4.98 Å². The Kier molecular flexibility index (Phi) is 6.85. The summed E-state index contributed by atoms with van der Waals surface area (Å²) in [5.74, 6) is 1.74. The molecule has 0 bridgehead atoms. The van der Waals surface area contributed by atoms with E-state index in [0.717, 1.165) is 5.39 Å². The normalized spacial score (nSPS) is 14.2. The maximum atomic E-state index is 12.4. The molecule has 5 heterocycles. The zero-order valence-electron chi connectivity index (χ0n) is 23.4. The van der Waals surface area contributed by atoms with Crippen molar-refractivity contribution in [2.75, 3.05) is 45.3 Å². The van der Waals surface area contributed by atoms with E-state index in [1.54, 1.807) is 48.2 Å². The van der Waals surface area contributed by atoms with Crippen LogP contribution >= 0.6 is 11.3 Å². The van der Waals surface area contributed by atoms with Crippen molar-refractivity contribution in [3.63, 3.8) is 0 Å². The molecule has 0 N–H and O–H groups in total. The molecule has 14 heteroatoms. The quantitative estimate of drug-likeness (QED) is 0.261. The summed E-state index contributed by atoms with van der Waals surface area (Å²) in [7, 11) is 3.16. The number of anilines is 1. The number of amides is 1. The molecule has 1 aromatic carbocycles. The van der Waals surface area contributed by atoms with Gasteiger partial charge in [-0.05, 0) is 38.2 Å². The fraction of sp³-hybridized carbons (Fsp3) is 0.407. The molecule has 216 valence electrons. The standard InChI is InChI=1S/C27H30N6O7S/c1-27(2,3)40-26(34)32-8-6-31(7-9-32)23-28-16(15-38-23)14-37-20-10-17(35-4)11-21-18(20)12-22(39-21)19-13-33-24(29-19)41-25(30-33)36-5/h10-13,15H,6-9,14H2,1-5H3. The van der Waals surface area contributed by atoms with Gasteiger partial charge in [-0.25, -0.2) is 14.3 Å². The number of aromatic nitrogens is 4. The van der Waals surface area contributed by atoms with Crippen LogP contribution in [0.2, 0.25) is 0 Å². The lowest BCUT2D eigenvalue weighted by molar-refractivity contribution is 0.0239. The number of imidazole rings is 1. The molecule has 13 nitrogen and oxygen atoms in total. The summed E-state index contributed by atoms with van der Waals surface area (Å²) in [5, 5.41) is 5.62. The van der Waals surface area contributed by atoms with Crippen LogP contribution in [0.5, 0.6) is 16.7 Å². The van der Waals surface area contributed by atoms with E-state index in [-0.39, 0.29) is 12.7 Å². The first-order valence-electron chi connectivity index (χ1n) is 13.0. The van der Waals surface area contributed by atoms with Crippen molar-refractivity contribution in [3.8, 4) is 28.1 Å². The van der Waals surface area contributed by atoms with Crippen LogP contribution in [0.1, 0.15) is 26.5 Å². The second-order valence-electron chi connectivity index (χ2n) is 10.4. The van der Waals surface area contributed by atoms with E-state index in [1.165, 1.54) is 11.3 Å². The second kappa shape index (κ2) is 10.5. The zero-order chi connectivity index (χ0) is 28.7. The predicted octanol–water partition coefficient (Wildman–Crippen LogP) is 4.85. The first-order chi connectivity index (χ1) is 19.7.